The number of carbonyl (C=O) groups is 2. The number of benzene rings is 1. The van der Waals surface area contributed by atoms with E-state index in [0.29, 0.717) is 12.1 Å². The zero-order valence-electron chi connectivity index (χ0n) is 11.9. The highest BCUT2D eigenvalue weighted by molar-refractivity contribution is 5.94. The van der Waals surface area contributed by atoms with Gasteiger partial charge in [-0.05, 0) is 37.6 Å². The highest BCUT2D eigenvalue weighted by Crippen LogP contribution is 2.07. The quantitative estimate of drug-likeness (QED) is 0.442. The predicted molar refractivity (Wildman–Crippen MR) is 79.1 cm³/mol. The Morgan fingerprint density at radius 1 is 1.25 bits per heavy atom. The summed E-state index contributed by atoms with van der Waals surface area (Å²) in [6, 6.07) is 6.93. The van der Waals surface area contributed by atoms with Crippen LogP contribution in [-0.4, -0.2) is 24.4 Å². The molecule has 0 spiro atoms. The van der Waals surface area contributed by atoms with E-state index < -0.39 is 0 Å². The Morgan fingerprint density at radius 3 is 2.45 bits per heavy atom. The summed E-state index contributed by atoms with van der Waals surface area (Å²) in [5.41, 5.74) is 3.75. The molecule has 0 aliphatic heterocycles. The average Bonchev–Trinajstić information content (AvgIpc) is 2.47. The van der Waals surface area contributed by atoms with Crippen LogP contribution in [0.2, 0.25) is 0 Å². The Balaban J connectivity index is 2.34. The van der Waals surface area contributed by atoms with Crippen LogP contribution in [0.3, 0.4) is 0 Å². The zero-order chi connectivity index (χ0) is 15.0. The first kappa shape index (κ1) is 16.0. The summed E-state index contributed by atoms with van der Waals surface area (Å²) >= 11 is 0. The van der Waals surface area contributed by atoms with E-state index in [-0.39, 0.29) is 24.3 Å². The van der Waals surface area contributed by atoms with Crippen molar-refractivity contribution < 1.29 is 9.59 Å². The zero-order valence-corrected chi connectivity index (χ0v) is 11.9. The Kier molecular flexibility index (Phi) is 6.52. The SMILES string of the molecule is CCC(C)NC(=O)CCNC(=O)c1ccc(NN)cc1. The summed E-state index contributed by atoms with van der Waals surface area (Å²) in [5.74, 6) is 4.99. The van der Waals surface area contributed by atoms with Gasteiger partial charge in [-0.1, -0.05) is 6.92 Å². The van der Waals surface area contributed by atoms with Crippen molar-refractivity contribution >= 4 is 17.5 Å². The fourth-order valence-corrected chi connectivity index (χ4v) is 1.56. The number of carbonyl (C=O) groups excluding carboxylic acids is 2. The fraction of sp³-hybridized carbons (Fsp3) is 0.429. The molecule has 1 rings (SSSR count). The maximum Gasteiger partial charge on any atom is 0.251 e. The summed E-state index contributed by atoms with van der Waals surface area (Å²) in [7, 11) is 0. The molecule has 0 heterocycles. The Bertz CT molecular complexity index is 445. The molecule has 0 aromatic heterocycles. The molecule has 2 amide bonds. The Morgan fingerprint density at radius 2 is 1.90 bits per heavy atom. The predicted octanol–water partition coefficient (Wildman–Crippen LogP) is 1.01. The van der Waals surface area contributed by atoms with E-state index in [9.17, 15) is 9.59 Å². The van der Waals surface area contributed by atoms with Crippen LogP contribution in [-0.2, 0) is 4.79 Å². The number of nitrogens with one attached hydrogen (secondary N) is 3. The van der Waals surface area contributed by atoms with Gasteiger partial charge in [0.25, 0.3) is 5.91 Å². The first-order valence-corrected chi connectivity index (χ1v) is 6.71. The lowest BCUT2D eigenvalue weighted by Crippen LogP contribution is -2.35. The lowest BCUT2D eigenvalue weighted by atomic mass is 10.2. The number of anilines is 1. The van der Waals surface area contributed by atoms with Gasteiger partial charge in [0.15, 0.2) is 0 Å². The molecule has 6 heteroatoms. The maximum absolute atomic E-state index is 11.8. The van der Waals surface area contributed by atoms with Crippen molar-refractivity contribution in [2.75, 3.05) is 12.0 Å². The summed E-state index contributed by atoms with van der Waals surface area (Å²) < 4.78 is 0. The van der Waals surface area contributed by atoms with Gasteiger partial charge in [0.05, 0.1) is 0 Å². The van der Waals surface area contributed by atoms with Crippen molar-refractivity contribution in [1.29, 1.82) is 0 Å². The van der Waals surface area contributed by atoms with Gasteiger partial charge in [0, 0.05) is 30.3 Å². The molecule has 110 valence electrons. The molecule has 1 aromatic rings. The van der Waals surface area contributed by atoms with Crippen LogP contribution in [0, 0.1) is 0 Å². The van der Waals surface area contributed by atoms with Gasteiger partial charge in [0.2, 0.25) is 5.91 Å². The number of nitrogen functional groups attached to an aromatic ring is 1. The number of hydrogen-bond acceptors (Lipinski definition) is 4. The highest BCUT2D eigenvalue weighted by Gasteiger charge is 2.08. The first-order chi connectivity index (χ1) is 9.56. The number of hydrogen-bond donors (Lipinski definition) is 4. The first-order valence-electron chi connectivity index (χ1n) is 6.71. The molecule has 6 nitrogen and oxygen atoms in total. The monoisotopic (exact) mass is 278 g/mol. The number of nitrogens with two attached hydrogens (primary N) is 1. The van der Waals surface area contributed by atoms with Gasteiger partial charge < -0.3 is 16.1 Å². The normalized spacial score (nSPS) is 11.6. The molecule has 20 heavy (non-hydrogen) atoms. The molecule has 1 unspecified atom stereocenters. The van der Waals surface area contributed by atoms with E-state index in [0.717, 1.165) is 12.1 Å². The summed E-state index contributed by atoms with van der Waals surface area (Å²) in [6.45, 7) is 4.27. The van der Waals surface area contributed by atoms with E-state index in [1.54, 1.807) is 24.3 Å². The summed E-state index contributed by atoms with van der Waals surface area (Å²) in [4.78, 5) is 23.3. The van der Waals surface area contributed by atoms with Crippen LogP contribution in [0.15, 0.2) is 24.3 Å². The molecular weight excluding hydrogens is 256 g/mol. The second-order valence-electron chi connectivity index (χ2n) is 4.60. The number of hydrazine groups is 1. The van der Waals surface area contributed by atoms with Gasteiger partial charge >= 0.3 is 0 Å². The fourth-order valence-electron chi connectivity index (χ4n) is 1.56. The molecule has 1 aromatic carbocycles. The van der Waals surface area contributed by atoms with Gasteiger partial charge in [-0.15, -0.1) is 0 Å². The van der Waals surface area contributed by atoms with E-state index in [4.69, 9.17) is 5.84 Å². The van der Waals surface area contributed by atoms with Gasteiger partial charge in [-0.3, -0.25) is 15.4 Å². The van der Waals surface area contributed by atoms with Crippen LogP contribution in [0.4, 0.5) is 5.69 Å². The van der Waals surface area contributed by atoms with Gasteiger partial charge in [0.1, 0.15) is 0 Å². The largest absolute Gasteiger partial charge is 0.354 e. The molecular formula is C14H22N4O2. The van der Waals surface area contributed by atoms with E-state index in [1.165, 1.54) is 0 Å². The Labute approximate surface area is 119 Å². The van der Waals surface area contributed by atoms with Gasteiger partial charge in [-0.25, -0.2) is 0 Å². The molecule has 1 atom stereocenters. The van der Waals surface area contributed by atoms with Crippen molar-refractivity contribution in [3.8, 4) is 0 Å². The van der Waals surface area contributed by atoms with Crippen molar-refractivity contribution in [1.82, 2.24) is 10.6 Å². The minimum atomic E-state index is -0.204. The Hall–Kier alpha value is -2.08. The summed E-state index contributed by atoms with van der Waals surface area (Å²) in [6.07, 6.45) is 1.16. The van der Waals surface area contributed by atoms with Crippen molar-refractivity contribution in [2.45, 2.75) is 32.7 Å². The molecule has 0 saturated carbocycles. The highest BCUT2D eigenvalue weighted by atomic mass is 16.2. The van der Waals surface area contributed by atoms with Crippen molar-refractivity contribution in [3.05, 3.63) is 29.8 Å². The topological polar surface area (TPSA) is 96.2 Å². The van der Waals surface area contributed by atoms with Crippen molar-refractivity contribution in [2.24, 2.45) is 5.84 Å². The third-order valence-electron chi connectivity index (χ3n) is 2.97. The third-order valence-corrected chi connectivity index (χ3v) is 2.97. The van der Waals surface area contributed by atoms with Crippen molar-refractivity contribution in [3.63, 3.8) is 0 Å². The summed E-state index contributed by atoms with van der Waals surface area (Å²) in [5, 5.41) is 5.55. The lowest BCUT2D eigenvalue weighted by Gasteiger charge is -2.11. The standard InChI is InChI=1S/C14H22N4O2/c1-3-10(2)17-13(19)8-9-16-14(20)11-4-6-12(18-15)7-5-11/h4-7,10,18H,3,8-9,15H2,1-2H3,(H,16,20)(H,17,19). The molecule has 0 aliphatic carbocycles. The van der Waals surface area contributed by atoms with Crippen LogP contribution in [0.1, 0.15) is 37.0 Å². The minimum absolute atomic E-state index is 0.0534. The molecule has 0 radical (unpaired) electrons. The minimum Gasteiger partial charge on any atom is -0.354 e. The van der Waals surface area contributed by atoms with E-state index >= 15 is 0 Å². The number of rotatable bonds is 7. The third kappa shape index (κ3) is 5.27. The molecule has 0 fully saturated rings. The van der Waals surface area contributed by atoms with Crippen LogP contribution in [0.5, 0.6) is 0 Å². The van der Waals surface area contributed by atoms with Gasteiger partial charge in [-0.2, -0.15) is 0 Å². The smallest absolute Gasteiger partial charge is 0.251 e. The van der Waals surface area contributed by atoms with Crippen LogP contribution >= 0.6 is 0 Å². The number of amides is 2. The molecule has 0 saturated heterocycles. The molecule has 5 N–H and O–H groups in total. The molecule has 0 aliphatic rings. The molecule has 0 bridgehead atoms. The second kappa shape index (κ2) is 8.16. The van der Waals surface area contributed by atoms with E-state index in [1.807, 2.05) is 13.8 Å². The maximum atomic E-state index is 11.8. The average molecular weight is 278 g/mol. The van der Waals surface area contributed by atoms with Crippen LogP contribution < -0.4 is 21.9 Å². The van der Waals surface area contributed by atoms with Crippen LogP contribution in [0.25, 0.3) is 0 Å². The van der Waals surface area contributed by atoms with E-state index in [2.05, 4.69) is 16.1 Å². The lowest BCUT2D eigenvalue weighted by molar-refractivity contribution is -0.121. The second-order valence-corrected chi connectivity index (χ2v) is 4.60.